The van der Waals surface area contributed by atoms with Crippen LogP contribution in [0.25, 0.3) is 10.9 Å². The number of pyridine rings is 1. The normalized spacial score (nSPS) is 16.8. The maximum atomic E-state index is 12.6. The number of carbonyl (C=O) groups is 1. The Hall–Kier alpha value is -2.93. The molecule has 0 unspecified atom stereocenters. The summed E-state index contributed by atoms with van der Waals surface area (Å²) in [5, 5.41) is 8.52. The van der Waals surface area contributed by atoms with Crippen LogP contribution in [0, 0.1) is 13.8 Å². The molecule has 7 heteroatoms. The summed E-state index contributed by atoms with van der Waals surface area (Å²) in [6, 6.07) is 8.40. The molecule has 0 atom stereocenters. The number of aromatic nitrogens is 3. The predicted octanol–water partition coefficient (Wildman–Crippen LogP) is 2.25. The maximum Gasteiger partial charge on any atom is 0.272 e. The number of aromatic amines is 1. The minimum atomic E-state index is -0.0855. The fraction of sp³-hybridized carbons (Fsp3) is 0.409. The smallest absolute Gasteiger partial charge is 0.272 e. The zero-order valence-electron chi connectivity index (χ0n) is 16.8. The quantitative estimate of drug-likeness (QED) is 0.715. The first-order chi connectivity index (χ1) is 14.0. The number of carbonyl (C=O) groups excluding carboxylic acids is 1. The Labute approximate surface area is 168 Å². The Bertz CT molecular complexity index is 1170. The van der Waals surface area contributed by atoms with Crippen molar-refractivity contribution in [1.29, 1.82) is 0 Å². The van der Waals surface area contributed by atoms with Gasteiger partial charge in [-0.15, -0.1) is 0 Å². The number of H-pyrrole nitrogens is 1. The van der Waals surface area contributed by atoms with Crippen molar-refractivity contribution < 1.29 is 4.79 Å². The Morgan fingerprint density at radius 3 is 2.83 bits per heavy atom. The van der Waals surface area contributed by atoms with Gasteiger partial charge >= 0.3 is 0 Å². The third-order valence-corrected chi connectivity index (χ3v) is 5.79. The molecule has 5 rings (SSSR count). The van der Waals surface area contributed by atoms with Gasteiger partial charge in [0.1, 0.15) is 0 Å². The molecular formula is C22H25N5O2. The highest BCUT2D eigenvalue weighted by molar-refractivity contribution is 5.92. The van der Waals surface area contributed by atoms with Gasteiger partial charge in [0, 0.05) is 31.2 Å². The minimum absolute atomic E-state index is 0.0342. The number of amides is 1. The van der Waals surface area contributed by atoms with E-state index in [1.54, 1.807) is 0 Å². The summed E-state index contributed by atoms with van der Waals surface area (Å²) < 4.78 is 1.91. The first kappa shape index (κ1) is 18.1. The summed E-state index contributed by atoms with van der Waals surface area (Å²) in [4.78, 5) is 30.2. The van der Waals surface area contributed by atoms with E-state index in [0.29, 0.717) is 24.8 Å². The van der Waals surface area contributed by atoms with E-state index in [1.165, 1.54) is 5.56 Å². The molecule has 2 aromatic heterocycles. The number of hydrogen-bond acceptors (Lipinski definition) is 4. The van der Waals surface area contributed by atoms with Crippen LogP contribution in [0.15, 0.2) is 29.1 Å². The Kier molecular flexibility index (Phi) is 4.28. The van der Waals surface area contributed by atoms with E-state index < -0.39 is 0 Å². The lowest BCUT2D eigenvalue weighted by Gasteiger charge is -2.27. The van der Waals surface area contributed by atoms with Crippen LogP contribution in [0.5, 0.6) is 0 Å². The average molecular weight is 391 g/mol. The second-order valence-corrected chi connectivity index (χ2v) is 8.37. The molecule has 0 saturated heterocycles. The van der Waals surface area contributed by atoms with Crippen molar-refractivity contribution in [2.24, 2.45) is 0 Å². The SMILES string of the molecule is Cc1cc(C)c2[nH]c(=O)c(CN3CCn4nc(C(=O)NC5CC5)cc4C3)cc2c1. The molecule has 2 aliphatic rings. The lowest BCUT2D eigenvalue weighted by molar-refractivity contribution is 0.0945. The van der Waals surface area contributed by atoms with E-state index in [1.807, 2.05) is 23.7 Å². The van der Waals surface area contributed by atoms with Crippen molar-refractivity contribution in [2.75, 3.05) is 6.54 Å². The summed E-state index contributed by atoms with van der Waals surface area (Å²) in [5.74, 6) is -0.0855. The van der Waals surface area contributed by atoms with Gasteiger partial charge in [-0.2, -0.15) is 5.10 Å². The third-order valence-electron chi connectivity index (χ3n) is 5.79. The van der Waals surface area contributed by atoms with Crippen molar-refractivity contribution in [3.8, 4) is 0 Å². The van der Waals surface area contributed by atoms with Gasteiger partial charge in [0.15, 0.2) is 5.69 Å². The van der Waals surface area contributed by atoms with E-state index in [-0.39, 0.29) is 11.5 Å². The lowest BCUT2D eigenvalue weighted by Crippen LogP contribution is -2.35. The number of benzene rings is 1. The highest BCUT2D eigenvalue weighted by atomic mass is 16.2. The largest absolute Gasteiger partial charge is 0.348 e. The standard InChI is InChI=1S/C22H25N5O2/c1-13-7-14(2)20-15(8-13)9-16(21(28)24-20)11-26-5-6-27-18(12-26)10-19(25-27)22(29)23-17-3-4-17/h7-10,17H,3-6,11-12H2,1-2H3,(H,23,29)(H,24,28). The topological polar surface area (TPSA) is 83.0 Å². The minimum Gasteiger partial charge on any atom is -0.348 e. The summed E-state index contributed by atoms with van der Waals surface area (Å²) in [6.45, 7) is 6.85. The second kappa shape index (κ2) is 6.84. The van der Waals surface area contributed by atoms with Gasteiger partial charge in [-0.3, -0.25) is 19.2 Å². The van der Waals surface area contributed by atoms with Crippen LogP contribution in [0.2, 0.25) is 0 Å². The lowest BCUT2D eigenvalue weighted by atomic mass is 10.0. The second-order valence-electron chi connectivity index (χ2n) is 8.37. The van der Waals surface area contributed by atoms with Crippen molar-refractivity contribution in [1.82, 2.24) is 25.0 Å². The fourth-order valence-electron chi connectivity index (χ4n) is 4.14. The van der Waals surface area contributed by atoms with Crippen LogP contribution < -0.4 is 10.9 Å². The summed E-state index contributed by atoms with van der Waals surface area (Å²) >= 11 is 0. The Morgan fingerprint density at radius 1 is 1.21 bits per heavy atom. The molecule has 150 valence electrons. The molecule has 1 fully saturated rings. The van der Waals surface area contributed by atoms with Gasteiger partial charge in [-0.05, 0) is 55.8 Å². The molecule has 2 N–H and O–H groups in total. The van der Waals surface area contributed by atoms with Crippen molar-refractivity contribution in [3.63, 3.8) is 0 Å². The zero-order chi connectivity index (χ0) is 20.1. The molecule has 1 aliphatic carbocycles. The Morgan fingerprint density at radius 2 is 2.03 bits per heavy atom. The van der Waals surface area contributed by atoms with Crippen molar-refractivity contribution >= 4 is 16.8 Å². The van der Waals surface area contributed by atoms with E-state index >= 15 is 0 Å². The van der Waals surface area contributed by atoms with Gasteiger partial charge in [0.25, 0.3) is 11.5 Å². The van der Waals surface area contributed by atoms with Crippen molar-refractivity contribution in [2.45, 2.75) is 52.4 Å². The van der Waals surface area contributed by atoms with E-state index in [9.17, 15) is 9.59 Å². The van der Waals surface area contributed by atoms with Gasteiger partial charge in [-0.1, -0.05) is 11.6 Å². The molecule has 3 aromatic rings. The summed E-state index contributed by atoms with van der Waals surface area (Å²) in [6.07, 6.45) is 2.12. The highest BCUT2D eigenvalue weighted by Gasteiger charge is 2.26. The first-order valence-corrected chi connectivity index (χ1v) is 10.2. The number of aryl methyl sites for hydroxylation is 2. The molecular weight excluding hydrogens is 366 g/mol. The van der Waals surface area contributed by atoms with Gasteiger partial charge < -0.3 is 10.3 Å². The molecule has 1 saturated carbocycles. The molecule has 3 heterocycles. The number of fused-ring (bicyclic) bond motifs is 2. The van der Waals surface area contributed by atoms with Crippen molar-refractivity contribution in [3.05, 3.63) is 62.7 Å². The van der Waals surface area contributed by atoms with Crippen LogP contribution in [-0.4, -0.2) is 38.2 Å². The molecule has 0 spiro atoms. The monoisotopic (exact) mass is 391 g/mol. The molecule has 29 heavy (non-hydrogen) atoms. The zero-order valence-corrected chi connectivity index (χ0v) is 16.8. The maximum absolute atomic E-state index is 12.6. The molecule has 0 radical (unpaired) electrons. The van der Waals surface area contributed by atoms with E-state index in [0.717, 1.165) is 53.7 Å². The van der Waals surface area contributed by atoms with Gasteiger partial charge in [0.2, 0.25) is 0 Å². The average Bonchev–Trinajstić information content (AvgIpc) is 3.38. The van der Waals surface area contributed by atoms with E-state index in [4.69, 9.17) is 0 Å². The van der Waals surface area contributed by atoms with Crippen LogP contribution in [0.4, 0.5) is 0 Å². The van der Waals surface area contributed by atoms with E-state index in [2.05, 4.69) is 39.4 Å². The number of rotatable bonds is 4. The first-order valence-electron chi connectivity index (χ1n) is 10.2. The molecule has 1 aromatic carbocycles. The summed E-state index contributed by atoms with van der Waals surface area (Å²) in [7, 11) is 0. The molecule has 0 bridgehead atoms. The van der Waals surface area contributed by atoms with Gasteiger partial charge in [0.05, 0.1) is 17.8 Å². The highest BCUT2D eigenvalue weighted by Crippen LogP contribution is 2.21. The van der Waals surface area contributed by atoms with Crippen LogP contribution in [0.1, 0.15) is 45.7 Å². The van der Waals surface area contributed by atoms with Crippen LogP contribution in [0.3, 0.4) is 0 Å². The fourth-order valence-corrected chi connectivity index (χ4v) is 4.14. The molecule has 1 amide bonds. The van der Waals surface area contributed by atoms with Crippen LogP contribution in [-0.2, 0) is 19.6 Å². The molecule has 7 nitrogen and oxygen atoms in total. The number of nitrogens with one attached hydrogen (secondary N) is 2. The third kappa shape index (κ3) is 3.58. The summed E-state index contributed by atoms with van der Waals surface area (Å²) in [5.41, 5.74) is 5.42. The number of hydrogen-bond donors (Lipinski definition) is 2. The van der Waals surface area contributed by atoms with Crippen LogP contribution >= 0.6 is 0 Å². The van der Waals surface area contributed by atoms with Gasteiger partial charge in [-0.25, -0.2) is 0 Å². The Balaban J connectivity index is 1.36. The predicted molar refractivity (Wildman–Crippen MR) is 111 cm³/mol. The molecule has 1 aliphatic heterocycles. The number of nitrogens with zero attached hydrogens (tertiary/aromatic N) is 3.